The number of para-hydroxylation sites is 1. The molecule has 172 valence electrons. The van der Waals surface area contributed by atoms with Crippen LogP contribution in [0.4, 0.5) is 22.7 Å². The molecular weight excluding hydrogens is 416 g/mol. The zero-order chi connectivity index (χ0) is 23.8. The van der Waals surface area contributed by atoms with E-state index in [1.807, 2.05) is 18.2 Å². The van der Waals surface area contributed by atoms with Crippen molar-refractivity contribution in [2.75, 3.05) is 30.0 Å². The Kier molecular flexibility index (Phi) is 7.67. The molecule has 4 rings (SSSR count). The average molecular weight is 449 g/mol. The molecule has 0 radical (unpaired) electrons. The van der Waals surface area contributed by atoms with Crippen molar-refractivity contribution >= 4 is 34.9 Å². The molecule has 0 bridgehead atoms. The van der Waals surface area contributed by atoms with Crippen LogP contribution in [0.25, 0.3) is 12.2 Å². The van der Waals surface area contributed by atoms with Crippen molar-refractivity contribution in [3.8, 4) is 5.75 Å². The summed E-state index contributed by atoms with van der Waals surface area (Å²) in [4.78, 5) is 4.60. The van der Waals surface area contributed by atoms with Crippen LogP contribution >= 0.6 is 0 Å². The van der Waals surface area contributed by atoms with Crippen LogP contribution in [0.15, 0.2) is 103 Å². The molecule has 0 aliphatic rings. The van der Waals surface area contributed by atoms with E-state index in [1.54, 1.807) is 7.11 Å². The van der Waals surface area contributed by atoms with Crippen molar-refractivity contribution in [1.29, 1.82) is 0 Å². The lowest BCUT2D eigenvalue weighted by atomic mass is 10.1. The number of hydrogen-bond donors (Lipinski definition) is 0. The van der Waals surface area contributed by atoms with E-state index in [-0.39, 0.29) is 0 Å². The fourth-order valence-electron chi connectivity index (χ4n) is 4.07. The highest BCUT2D eigenvalue weighted by atomic mass is 16.5. The van der Waals surface area contributed by atoms with Gasteiger partial charge in [-0.3, -0.25) is 0 Å². The van der Waals surface area contributed by atoms with Gasteiger partial charge in [-0.05, 0) is 85.6 Å². The second-order valence-electron chi connectivity index (χ2n) is 8.06. The number of nitrogens with zero attached hydrogens (tertiary/aromatic N) is 2. The first-order valence-electron chi connectivity index (χ1n) is 11.8. The lowest BCUT2D eigenvalue weighted by Crippen LogP contribution is -2.21. The van der Waals surface area contributed by atoms with E-state index in [1.165, 1.54) is 16.8 Å². The summed E-state index contributed by atoms with van der Waals surface area (Å²) < 4.78 is 5.34. The fraction of sp³-hybridized carbons (Fsp3) is 0.161. The van der Waals surface area contributed by atoms with Crippen LogP contribution < -0.4 is 14.5 Å². The summed E-state index contributed by atoms with van der Waals surface area (Å²) in [5, 5.41) is 0. The van der Waals surface area contributed by atoms with Gasteiger partial charge in [0.05, 0.1) is 7.11 Å². The second-order valence-corrected chi connectivity index (χ2v) is 8.06. The van der Waals surface area contributed by atoms with Gasteiger partial charge in [-0.2, -0.15) is 0 Å². The lowest BCUT2D eigenvalue weighted by Gasteiger charge is -2.25. The minimum absolute atomic E-state index is 0.849. The molecule has 4 aromatic carbocycles. The van der Waals surface area contributed by atoms with E-state index in [0.29, 0.717) is 0 Å². The number of anilines is 4. The van der Waals surface area contributed by atoms with Crippen molar-refractivity contribution in [3.05, 3.63) is 114 Å². The molecule has 34 heavy (non-hydrogen) atoms. The molecule has 0 aliphatic carbocycles. The Morgan fingerprint density at radius 2 is 1.00 bits per heavy atom. The predicted octanol–water partition coefficient (Wildman–Crippen LogP) is 8.18. The minimum Gasteiger partial charge on any atom is -0.497 e. The highest BCUT2D eigenvalue weighted by Gasteiger charge is 2.12. The molecular formula is C31H32N2O. The van der Waals surface area contributed by atoms with Gasteiger partial charge in [0.15, 0.2) is 0 Å². The van der Waals surface area contributed by atoms with Crippen LogP contribution in [0.5, 0.6) is 5.75 Å². The molecule has 0 fully saturated rings. The van der Waals surface area contributed by atoms with Gasteiger partial charge in [0, 0.05) is 35.8 Å². The summed E-state index contributed by atoms with van der Waals surface area (Å²) in [7, 11) is 1.69. The van der Waals surface area contributed by atoms with Crippen molar-refractivity contribution in [2.24, 2.45) is 0 Å². The molecule has 0 heterocycles. The predicted molar refractivity (Wildman–Crippen MR) is 147 cm³/mol. The van der Waals surface area contributed by atoms with E-state index in [4.69, 9.17) is 4.74 Å². The third kappa shape index (κ3) is 5.49. The minimum atomic E-state index is 0.849. The SMILES string of the molecule is CCN(CC)c1ccc(C=Cc2ccc(N(c3ccccc3)c3ccc(OC)cc3)cc2)cc1. The summed E-state index contributed by atoms with van der Waals surface area (Å²) in [5.41, 5.74) is 6.94. The third-order valence-corrected chi connectivity index (χ3v) is 5.99. The number of benzene rings is 4. The summed E-state index contributed by atoms with van der Waals surface area (Å²) in [5.74, 6) is 0.849. The van der Waals surface area contributed by atoms with Crippen LogP contribution in [-0.4, -0.2) is 20.2 Å². The molecule has 0 aromatic heterocycles. The zero-order valence-electron chi connectivity index (χ0n) is 20.2. The molecule has 0 saturated carbocycles. The number of hydrogen-bond acceptors (Lipinski definition) is 3. The summed E-state index contributed by atoms with van der Waals surface area (Å²) in [6.45, 7) is 6.42. The van der Waals surface area contributed by atoms with Crippen LogP contribution in [0, 0.1) is 0 Å². The Hall–Kier alpha value is -3.98. The monoisotopic (exact) mass is 448 g/mol. The van der Waals surface area contributed by atoms with Crippen molar-refractivity contribution < 1.29 is 4.74 Å². The third-order valence-electron chi connectivity index (χ3n) is 5.99. The van der Waals surface area contributed by atoms with Gasteiger partial charge in [-0.25, -0.2) is 0 Å². The number of rotatable bonds is 9. The van der Waals surface area contributed by atoms with Gasteiger partial charge in [0.1, 0.15) is 5.75 Å². The highest BCUT2D eigenvalue weighted by molar-refractivity contribution is 5.78. The maximum atomic E-state index is 5.34. The smallest absolute Gasteiger partial charge is 0.119 e. The van der Waals surface area contributed by atoms with Gasteiger partial charge in [0.2, 0.25) is 0 Å². The number of methoxy groups -OCH3 is 1. The normalized spacial score (nSPS) is 10.9. The van der Waals surface area contributed by atoms with E-state index in [9.17, 15) is 0 Å². The van der Waals surface area contributed by atoms with Crippen LogP contribution in [0.1, 0.15) is 25.0 Å². The Morgan fingerprint density at radius 1 is 0.559 bits per heavy atom. The molecule has 0 spiro atoms. The molecule has 3 nitrogen and oxygen atoms in total. The van der Waals surface area contributed by atoms with E-state index in [2.05, 4.69) is 121 Å². The fourth-order valence-corrected chi connectivity index (χ4v) is 4.07. The largest absolute Gasteiger partial charge is 0.497 e. The Morgan fingerprint density at radius 3 is 1.47 bits per heavy atom. The van der Waals surface area contributed by atoms with Gasteiger partial charge in [-0.1, -0.05) is 54.6 Å². The average Bonchev–Trinajstić information content (AvgIpc) is 2.91. The quantitative estimate of drug-likeness (QED) is 0.240. The van der Waals surface area contributed by atoms with Crippen molar-refractivity contribution in [3.63, 3.8) is 0 Å². The molecule has 0 saturated heterocycles. The first-order valence-corrected chi connectivity index (χ1v) is 11.8. The van der Waals surface area contributed by atoms with Gasteiger partial charge in [-0.15, -0.1) is 0 Å². The summed E-state index contributed by atoms with van der Waals surface area (Å²) in [6, 6.07) is 36.0. The second kappa shape index (κ2) is 11.2. The maximum absolute atomic E-state index is 5.34. The standard InChI is InChI=1S/C31H32N2O/c1-4-32(5-2)27-17-13-25(14-18-27)11-12-26-15-19-29(20-16-26)33(28-9-7-6-8-10-28)30-21-23-31(34-3)24-22-30/h6-24H,4-5H2,1-3H3. The summed E-state index contributed by atoms with van der Waals surface area (Å²) >= 11 is 0. The van der Waals surface area contributed by atoms with Gasteiger partial charge >= 0.3 is 0 Å². The first kappa shape index (κ1) is 23.2. The molecule has 0 aliphatic heterocycles. The van der Waals surface area contributed by atoms with Crippen LogP contribution in [0.2, 0.25) is 0 Å². The Balaban J connectivity index is 1.55. The molecule has 0 amide bonds. The van der Waals surface area contributed by atoms with E-state index >= 15 is 0 Å². The molecule has 0 unspecified atom stereocenters. The maximum Gasteiger partial charge on any atom is 0.119 e. The Labute approximate surface area is 203 Å². The van der Waals surface area contributed by atoms with E-state index in [0.717, 1.165) is 35.9 Å². The molecule has 3 heteroatoms. The summed E-state index contributed by atoms with van der Waals surface area (Å²) in [6.07, 6.45) is 4.33. The Bertz CT molecular complexity index is 1180. The van der Waals surface area contributed by atoms with Crippen LogP contribution in [0.3, 0.4) is 0 Å². The molecule has 0 atom stereocenters. The number of ether oxygens (including phenoxy) is 1. The van der Waals surface area contributed by atoms with Gasteiger partial charge in [0.25, 0.3) is 0 Å². The molecule has 4 aromatic rings. The first-order chi connectivity index (χ1) is 16.7. The highest BCUT2D eigenvalue weighted by Crippen LogP contribution is 2.35. The van der Waals surface area contributed by atoms with Crippen molar-refractivity contribution in [2.45, 2.75) is 13.8 Å². The van der Waals surface area contributed by atoms with Crippen molar-refractivity contribution in [1.82, 2.24) is 0 Å². The topological polar surface area (TPSA) is 15.7 Å². The van der Waals surface area contributed by atoms with E-state index < -0.39 is 0 Å². The van der Waals surface area contributed by atoms with Crippen LogP contribution in [-0.2, 0) is 0 Å². The molecule has 0 N–H and O–H groups in total. The van der Waals surface area contributed by atoms with Gasteiger partial charge < -0.3 is 14.5 Å². The zero-order valence-corrected chi connectivity index (χ0v) is 20.2. The lowest BCUT2D eigenvalue weighted by molar-refractivity contribution is 0.415.